The molecule has 2 aliphatic rings. The molecule has 0 radical (unpaired) electrons. The molecule has 0 saturated carbocycles. The number of aliphatic hydroxyl groups is 1. The van der Waals surface area contributed by atoms with Gasteiger partial charge in [-0.15, -0.1) is 0 Å². The molecular formula is C32H30N2O6S. The van der Waals surface area contributed by atoms with E-state index in [4.69, 9.17) is 19.2 Å². The molecule has 4 aromatic rings. The van der Waals surface area contributed by atoms with Crippen molar-refractivity contribution in [1.29, 1.82) is 0 Å². The highest BCUT2D eigenvalue weighted by Gasteiger charge is 2.48. The van der Waals surface area contributed by atoms with E-state index in [9.17, 15) is 14.7 Å². The maximum absolute atomic E-state index is 13.7. The minimum absolute atomic E-state index is 0.00353. The molecule has 0 spiro atoms. The number of hydrogen-bond acceptors (Lipinski definition) is 8. The summed E-state index contributed by atoms with van der Waals surface area (Å²) in [7, 11) is 0. The highest BCUT2D eigenvalue weighted by atomic mass is 32.1. The second kappa shape index (κ2) is 10.9. The minimum atomic E-state index is -0.907. The van der Waals surface area contributed by atoms with Crippen LogP contribution in [0.5, 0.6) is 17.2 Å². The number of anilines is 1. The molecule has 0 bridgehead atoms. The Balaban J connectivity index is 1.50. The summed E-state index contributed by atoms with van der Waals surface area (Å²) in [6.45, 7) is 6.96. The van der Waals surface area contributed by atoms with E-state index in [0.29, 0.717) is 52.9 Å². The SMILES string of the molecule is CCCOc1cccc(C2/C(=C(/O)c3ccc4c(c3)CC(C)O4)C(=O)C(=O)N2c2nc3ccc(OCC)cc3s2)c1. The molecule has 210 valence electrons. The van der Waals surface area contributed by atoms with Crippen LogP contribution in [-0.4, -0.2) is 41.1 Å². The fraction of sp³-hybridized carbons (Fsp3) is 0.281. The Kier molecular flexibility index (Phi) is 7.13. The highest BCUT2D eigenvalue weighted by molar-refractivity contribution is 7.22. The first-order valence-corrected chi connectivity index (χ1v) is 14.6. The molecule has 1 fully saturated rings. The Bertz CT molecular complexity index is 1690. The van der Waals surface area contributed by atoms with Gasteiger partial charge in [-0.05, 0) is 79.9 Å². The Morgan fingerprint density at radius 1 is 1.07 bits per heavy atom. The third-order valence-electron chi connectivity index (χ3n) is 7.13. The second-order valence-corrected chi connectivity index (χ2v) is 11.1. The van der Waals surface area contributed by atoms with Gasteiger partial charge in [0.1, 0.15) is 29.1 Å². The number of carbonyl (C=O) groups is 2. The van der Waals surface area contributed by atoms with Gasteiger partial charge < -0.3 is 19.3 Å². The maximum Gasteiger partial charge on any atom is 0.301 e. The molecule has 9 heteroatoms. The van der Waals surface area contributed by atoms with Crippen molar-refractivity contribution in [3.05, 3.63) is 82.9 Å². The Morgan fingerprint density at radius 2 is 1.90 bits per heavy atom. The van der Waals surface area contributed by atoms with E-state index < -0.39 is 17.7 Å². The monoisotopic (exact) mass is 570 g/mol. The van der Waals surface area contributed by atoms with Crippen molar-refractivity contribution in [1.82, 2.24) is 4.98 Å². The number of ketones is 1. The lowest BCUT2D eigenvalue weighted by Crippen LogP contribution is -2.29. The molecule has 1 amide bonds. The van der Waals surface area contributed by atoms with Crippen LogP contribution in [0.3, 0.4) is 0 Å². The summed E-state index contributed by atoms with van der Waals surface area (Å²) in [6.07, 6.45) is 1.56. The quantitative estimate of drug-likeness (QED) is 0.148. The van der Waals surface area contributed by atoms with Crippen LogP contribution in [0, 0.1) is 0 Å². The number of fused-ring (bicyclic) bond motifs is 2. The summed E-state index contributed by atoms with van der Waals surface area (Å²) >= 11 is 1.29. The minimum Gasteiger partial charge on any atom is -0.507 e. The summed E-state index contributed by atoms with van der Waals surface area (Å²) in [5.74, 6) is 0.310. The molecule has 2 unspecified atom stereocenters. The lowest BCUT2D eigenvalue weighted by molar-refractivity contribution is -0.132. The zero-order valence-electron chi connectivity index (χ0n) is 23.0. The van der Waals surface area contributed by atoms with Crippen molar-refractivity contribution in [2.75, 3.05) is 18.1 Å². The van der Waals surface area contributed by atoms with E-state index in [-0.39, 0.29) is 17.4 Å². The van der Waals surface area contributed by atoms with Crippen molar-refractivity contribution in [3.63, 3.8) is 0 Å². The summed E-state index contributed by atoms with van der Waals surface area (Å²) in [5, 5.41) is 12.0. The number of amides is 1. The van der Waals surface area contributed by atoms with Crippen molar-refractivity contribution < 1.29 is 28.9 Å². The van der Waals surface area contributed by atoms with Crippen molar-refractivity contribution >= 4 is 44.1 Å². The predicted octanol–water partition coefficient (Wildman–Crippen LogP) is 6.43. The number of thiazole rings is 1. The zero-order chi connectivity index (χ0) is 28.7. The molecule has 8 nitrogen and oxygen atoms in total. The van der Waals surface area contributed by atoms with Gasteiger partial charge >= 0.3 is 5.91 Å². The van der Waals surface area contributed by atoms with Crippen LogP contribution in [0.2, 0.25) is 0 Å². The molecular weight excluding hydrogens is 540 g/mol. The average Bonchev–Trinajstić information content (AvgIpc) is 3.63. The topological polar surface area (TPSA) is 98.2 Å². The van der Waals surface area contributed by atoms with E-state index in [2.05, 4.69) is 0 Å². The highest BCUT2D eigenvalue weighted by Crippen LogP contribution is 2.45. The number of nitrogens with zero attached hydrogens (tertiary/aromatic N) is 2. The fourth-order valence-electron chi connectivity index (χ4n) is 5.32. The lowest BCUT2D eigenvalue weighted by Gasteiger charge is -2.23. The Morgan fingerprint density at radius 3 is 2.71 bits per heavy atom. The number of Topliss-reactive ketones (excluding diaryl/α,β-unsaturated/α-hetero) is 1. The average molecular weight is 571 g/mol. The third-order valence-corrected chi connectivity index (χ3v) is 8.14. The summed E-state index contributed by atoms with van der Waals surface area (Å²) in [4.78, 5) is 33.5. The van der Waals surface area contributed by atoms with Gasteiger partial charge in [-0.25, -0.2) is 4.98 Å². The van der Waals surface area contributed by atoms with Gasteiger partial charge in [0, 0.05) is 12.0 Å². The molecule has 6 rings (SSSR count). The van der Waals surface area contributed by atoms with Crippen LogP contribution in [0.15, 0.2) is 66.2 Å². The maximum atomic E-state index is 13.7. The number of benzene rings is 3. The standard InChI is InChI=1S/C32H30N2O6S/c1-4-13-39-22-8-6-7-19(16-22)28-27(29(35)20-9-12-25-21(15-20)14-18(3)40-25)30(36)31(37)34(28)32-33-24-11-10-23(38-5-2)17-26(24)41-32/h6-12,15-18,28,35H,4-5,13-14H2,1-3H3/b29-27-. The van der Waals surface area contributed by atoms with Gasteiger partial charge in [0.25, 0.3) is 5.78 Å². The fourth-order valence-corrected chi connectivity index (χ4v) is 6.34. The van der Waals surface area contributed by atoms with E-state index >= 15 is 0 Å². The summed E-state index contributed by atoms with van der Waals surface area (Å²) in [6, 6.07) is 17.3. The van der Waals surface area contributed by atoms with Crippen LogP contribution in [0.25, 0.3) is 16.0 Å². The lowest BCUT2D eigenvalue weighted by atomic mass is 9.94. The molecule has 1 saturated heterocycles. The summed E-state index contributed by atoms with van der Waals surface area (Å²) in [5.41, 5.74) is 2.71. The van der Waals surface area contributed by atoms with Crippen LogP contribution >= 0.6 is 11.3 Å². The zero-order valence-corrected chi connectivity index (χ0v) is 23.9. The van der Waals surface area contributed by atoms with Crippen LogP contribution in [-0.2, 0) is 16.0 Å². The Labute approximate surface area is 241 Å². The smallest absolute Gasteiger partial charge is 0.301 e. The number of carbonyl (C=O) groups excluding carboxylic acids is 2. The molecule has 1 N–H and O–H groups in total. The van der Waals surface area contributed by atoms with Gasteiger partial charge in [-0.3, -0.25) is 14.5 Å². The van der Waals surface area contributed by atoms with Crippen LogP contribution in [0.4, 0.5) is 5.13 Å². The van der Waals surface area contributed by atoms with E-state index in [1.165, 1.54) is 16.2 Å². The van der Waals surface area contributed by atoms with Crippen molar-refractivity contribution in [2.45, 2.75) is 45.8 Å². The first kappa shape index (κ1) is 26.8. The van der Waals surface area contributed by atoms with Gasteiger partial charge in [-0.2, -0.15) is 0 Å². The third kappa shape index (κ3) is 4.91. The van der Waals surface area contributed by atoms with Crippen LogP contribution < -0.4 is 19.1 Å². The summed E-state index contributed by atoms with van der Waals surface area (Å²) < 4.78 is 18.1. The molecule has 2 aliphatic heterocycles. The first-order valence-electron chi connectivity index (χ1n) is 13.7. The molecule has 2 atom stereocenters. The number of ether oxygens (including phenoxy) is 3. The first-order chi connectivity index (χ1) is 19.9. The number of aromatic nitrogens is 1. The predicted molar refractivity (Wildman–Crippen MR) is 158 cm³/mol. The number of hydrogen-bond donors (Lipinski definition) is 1. The van der Waals surface area contributed by atoms with Crippen LogP contribution in [0.1, 0.15) is 49.9 Å². The molecule has 1 aromatic heterocycles. The van der Waals surface area contributed by atoms with E-state index in [0.717, 1.165) is 22.4 Å². The van der Waals surface area contributed by atoms with Gasteiger partial charge in [0.05, 0.1) is 35.0 Å². The van der Waals surface area contributed by atoms with Crippen molar-refractivity contribution in [2.24, 2.45) is 0 Å². The number of aliphatic hydroxyl groups excluding tert-OH is 1. The van der Waals surface area contributed by atoms with E-state index in [1.54, 1.807) is 12.1 Å². The van der Waals surface area contributed by atoms with Gasteiger partial charge in [-0.1, -0.05) is 30.4 Å². The normalized spacial score (nSPS) is 19.4. The molecule has 0 aliphatic carbocycles. The Hall–Kier alpha value is -4.37. The molecule has 41 heavy (non-hydrogen) atoms. The van der Waals surface area contributed by atoms with Gasteiger partial charge in [0.2, 0.25) is 0 Å². The molecule has 3 heterocycles. The molecule has 3 aromatic carbocycles. The number of rotatable bonds is 8. The second-order valence-electron chi connectivity index (χ2n) is 10.1. The van der Waals surface area contributed by atoms with Crippen molar-refractivity contribution in [3.8, 4) is 17.2 Å². The van der Waals surface area contributed by atoms with Gasteiger partial charge in [0.15, 0.2) is 5.13 Å². The van der Waals surface area contributed by atoms with E-state index in [1.807, 2.05) is 69.3 Å². The largest absolute Gasteiger partial charge is 0.507 e.